The van der Waals surface area contributed by atoms with E-state index in [1.165, 1.54) is 25.7 Å². The molecule has 2 nitrogen and oxygen atoms in total. The lowest BCUT2D eigenvalue weighted by Gasteiger charge is -2.09. The second-order valence-corrected chi connectivity index (χ2v) is 5.66. The highest BCUT2D eigenvalue weighted by molar-refractivity contribution is 5.91. The van der Waals surface area contributed by atoms with Gasteiger partial charge in [-0.05, 0) is 30.9 Å². The van der Waals surface area contributed by atoms with Gasteiger partial charge in [0.25, 0.3) is 0 Å². The zero-order valence-electron chi connectivity index (χ0n) is 13.7. The molecule has 0 saturated heterocycles. The summed E-state index contributed by atoms with van der Waals surface area (Å²) in [5, 5.41) is 0. The van der Waals surface area contributed by atoms with Gasteiger partial charge in [-0.15, -0.1) is 0 Å². The van der Waals surface area contributed by atoms with Crippen molar-refractivity contribution >= 4 is 5.97 Å². The molecule has 0 spiro atoms. The molecule has 0 unspecified atom stereocenters. The normalized spacial score (nSPS) is 10.6. The maximum atomic E-state index is 12.1. The summed E-state index contributed by atoms with van der Waals surface area (Å²) in [5.41, 5.74) is 1.87. The van der Waals surface area contributed by atoms with Gasteiger partial charge < -0.3 is 4.74 Å². The van der Waals surface area contributed by atoms with Crippen LogP contribution in [0.2, 0.25) is 0 Å². The molecule has 2 heteroatoms. The summed E-state index contributed by atoms with van der Waals surface area (Å²) in [6.07, 6.45) is 10.5. The maximum Gasteiger partial charge on any atom is 0.338 e. The first kappa shape index (κ1) is 17.7. The largest absolute Gasteiger partial charge is 0.462 e. The molecule has 1 aromatic carbocycles. The topological polar surface area (TPSA) is 26.3 Å². The average Bonchev–Trinajstić information content (AvgIpc) is 2.52. The minimum Gasteiger partial charge on any atom is -0.462 e. The van der Waals surface area contributed by atoms with Crippen molar-refractivity contribution in [1.29, 1.82) is 0 Å². The molecule has 118 valence electrons. The van der Waals surface area contributed by atoms with Crippen molar-refractivity contribution in [2.75, 3.05) is 6.61 Å². The molecule has 0 aliphatic carbocycles. The Morgan fingerprint density at radius 3 is 2.33 bits per heavy atom. The van der Waals surface area contributed by atoms with Gasteiger partial charge in [0.05, 0.1) is 12.2 Å². The molecule has 0 fully saturated rings. The molecule has 0 aliphatic heterocycles. The maximum absolute atomic E-state index is 12.1. The van der Waals surface area contributed by atoms with Crippen molar-refractivity contribution in [1.82, 2.24) is 0 Å². The number of ether oxygens (including phenoxy) is 1. The lowest BCUT2D eigenvalue weighted by Crippen LogP contribution is -2.09. The summed E-state index contributed by atoms with van der Waals surface area (Å²) in [4.78, 5) is 12.1. The number of hydrogen-bond donors (Lipinski definition) is 0. The second kappa shape index (κ2) is 11.4. The molecular weight excluding hydrogens is 260 g/mol. The van der Waals surface area contributed by atoms with Crippen molar-refractivity contribution in [3.63, 3.8) is 0 Å². The van der Waals surface area contributed by atoms with Crippen LogP contribution in [0.4, 0.5) is 0 Å². The minimum atomic E-state index is -0.157. The fourth-order valence-corrected chi connectivity index (χ4v) is 2.43. The number of carbonyl (C=O) groups excluding carboxylic acids is 1. The summed E-state index contributed by atoms with van der Waals surface area (Å²) in [5.74, 6) is -0.157. The number of esters is 1. The number of hydrogen-bond acceptors (Lipinski definition) is 2. The van der Waals surface area contributed by atoms with E-state index in [-0.39, 0.29) is 5.97 Å². The molecule has 0 radical (unpaired) electrons. The lowest BCUT2D eigenvalue weighted by atomic mass is 10.0. The van der Waals surface area contributed by atoms with Crippen LogP contribution in [0.3, 0.4) is 0 Å². The molecule has 0 amide bonds. The number of unbranched alkanes of at least 4 members (excludes halogenated alkanes) is 6. The predicted molar refractivity (Wildman–Crippen MR) is 88.7 cm³/mol. The highest BCUT2D eigenvalue weighted by Crippen LogP contribution is 2.14. The number of carbonyl (C=O) groups is 1. The zero-order valence-corrected chi connectivity index (χ0v) is 13.7. The van der Waals surface area contributed by atoms with Crippen molar-refractivity contribution in [3.05, 3.63) is 35.4 Å². The number of rotatable bonds is 11. The molecule has 1 aromatic rings. The number of benzene rings is 1. The highest BCUT2D eigenvalue weighted by Gasteiger charge is 2.11. The molecule has 0 bridgehead atoms. The van der Waals surface area contributed by atoms with Gasteiger partial charge in [-0.2, -0.15) is 0 Å². The van der Waals surface area contributed by atoms with Gasteiger partial charge in [-0.25, -0.2) is 4.79 Å². The summed E-state index contributed by atoms with van der Waals surface area (Å²) in [7, 11) is 0. The molecule has 0 N–H and O–H groups in total. The smallest absolute Gasteiger partial charge is 0.338 e. The first-order valence-electron chi connectivity index (χ1n) is 8.54. The van der Waals surface area contributed by atoms with E-state index in [4.69, 9.17) is 4.74 Å². The standard InChI is InChI=1S/C19H30O2/c1-3-5-7-8-9-12-16-21-19(20)18-15-11-10-14-17(18)13-6-4-2/h10-11,14-15H,3-9,12-13,16H2,1-2H3. The van der Waals surface area contributed by atoms with E-state index in [9.17, 15) is 4.79 Å². The van der Waals surface area contributed by atoms with Crippen LogP contribution in [0.15, 0.2) is 24.3 Å². The summed E-state index contributed by atoms with van der Waals surface area (Å²) in [6, 6.07) is 7.83. The summed E-state index contributed by atoms with van der Waals surface area (Å²) >= 11 is 0. The van der Waals surface area contributed by atoms with Crippen LogP contribution in [0, 0.1) is 0 Å². The zero-order chi connectivity index (χ0) is 15.3. The van der Waals surface area contributed by atoms with Crippen molar-refractivity contribution in [2.24, 2.45) is 0 Å². The van der Waals surface area contributed by atoms with Crippen LogP contribution in [-0.2, 0) is 11.2 Å². The Kier molecular flexibility index (Phi) is 9.60. The Labute approximate surface area is 129 Å². The van der Waals surface area contributed by atoms with Crippen molar-refractivity contribution in [3.8, 4) is 0 Å². The van der Waals surface area contributed by atoms with Gasteiger partial charge in [0.15, 0.2) is 0 Å². The molecule has 0 aliphatic rings. The first-order valence-corrected chi connectivity index (χ1v) is 8.54. The third-order valence-electron chi connectivity index (χ3n) is 3.77. The monoisotopic (exact) mass is 290 g/mol. The van der Waals surface area contributed by atoms with E-state index in [1.807, 2.05) is 24.3 Å². The molecule has 0 aromatic heterocycles. The van der Waals surface area contributed by atoms with E-state index in [2.05, 4.69) is 13.8 Å². The highest BCUT2D eigenvalue weighted by atomic mass is 16.5. The first-order chi connectivity index (χ1) is 10.3. The van der Waals surface area contributed by atoms with Crippen molar-refractivity contribution in [2.45, 2.75) is 71.6 Å². The van der Waals surface area contributed by atoms with Gasteiger partial charge in [-0.3, -0.25) is 0 Å². The van der Waals surface area contributed by atoms with Gasteiger partial charge in [0.2, 0.25) is 0 Å². The third-order valence-corrected chi connectivity index (χ3v) is 3.77. The second-order valence-electron chi connectivity index (χ2n) is 5.66. The van der Waals surface area contributed by atoms with Gasteiger partial charge in [0.1, 0.15) is 0 Å². The summed E-state index contributed by atoms with van der Waals surface area (Å²) in [6.45, 7) is 4.93. The van der Waals surface area contributed by atoms with E-state index in [0.29, 0.717) is 6.61 Å². The SMILES string of the molecule is CCCCCCCCOC(=O)c1ccccc1CCCC. The van der Waals surface area contributed by atoms with Crippen LogP contribution in [0.1, 0.15) is 81.1 Å². The fourth-order valence-electron chi connectivity index (χ4n) is 2.43. The molecule has 0 saturated carbocycles. The molecular formula is C19H30O2. The Balaban J connectivity index is 2.31. The quantitative estimate of drug-likeness (QED) is 0.394. The van der Waals surface area contributed by atoms with Crippen LogP contribution in [0.25, 0.3) is 0 Å². The Hall–Kier alpha value is -1.31. The summed E-state index contributed by atoms with van der Waals surface area (Å²) < 4.78 is 5.42. The van der Waals surface area contributed by atoms with E-state index >= 15 is 0 Å². The Bertz CT molecular complexity index is 398. The van der Waals surface area contributed by atoms with Gasteiger partial charge in [-0.1, -0.05) is 70.6 Å². The third kappa shape index (κ3) is 7.31. The minimum absolute atomic E-state index is 0.157. The van der Waals surface area contributed by atoms with Crippen LogP contribution in [-0.4, -0.2) is 12.6 Å². The Morgan fingerprint density at radius 1 is 0.905 bits per heavy atom. The van der Waals surface area contributed by atoms with Crippen LogP contribution < -0.4 is 0 Å². The number of aryl methyl sites for hydroxylation is 1. The van der Waals surface area contributed by atoms with Gasteiger partial charge in [0, 0.05) is 0 Å². The average molecular weight is 290 g/mol. The van der Waals surface area contributed by atoms with Crippen LogP contribution >= 0.6 is 0 Å². The lowest BCUT2D eigenvalue weighted by molar-refractivity contribution is 0.0496. The molecule has 0 atom stereocenters. The molecule has 21 heavy (non-hydrogen) atoms. The molecule has 1 rings (SSSR count). The molecule has 0 heterocycles. The Morgan fingerprint density at radius 2 is 1.57 bits per heavy atom. The van der Waals surface area contributed by atoms with E-state index < -0.39 is 0 Å². The van der Waals surface area contributed by atoms with Gasteiger partial charge >= 0.3 is 5.97 Å². The predicted octanol–water partition coefficient (Wildman–Crippen LogP) is 5.55. The van der Waals surface area contributed by atoms with E-state index in [0.717, 1.165) is 43.2 Å². The fraction of sp³-hybridized carbons (Fsp3) is 0.632. The van der Waals surface area contributed by atoms with E-state index in [1.54, 1.807) is 0 Å². The van der Waals surface area contributed by atoms with Crippen LogP contribution in [0.5, 0.6) is 0 Å². The van der Waals surface area contributed by atoms with Crippen molar-refractivity contribution < 1.29 is 9.53 Å².